The van der Waals surface area contributed by atoms with E-state index in [1.807, 2.05) is 18.3 Å². The van der Waals surface area contributed by atoms with Gasteiger partial charge in [0.25, 0.3) is 0 Å². The van der Waals surface area contributed by atoms with E-state index >= 15 is 0 Å². The van der Waals surface area contributed by atoms with Gasteiger partial charge in [-0.25, -0.2) is 9.37 Å². The smallest absolute Gasteiger partial charge is 0.132 e. The van der Waals surface area contributed by atoms with E-state index in [2.05, 4.69) is 44.9 Å². The molecule has 0 spiro atoms. The van der Waals surface area contributed by atoms with Gasteiger partial charge in [-0.3, -0.25) is 15.0 Å². The van der Waals surface area contributed by atoms with Gasteiger partial charge in [0.2, 0.25) is 0 Å². The van der Waals surface area contributed by atoms with Gasteiger partial charge in [0.1, 0.15) is 11.5 Å². The molecule has 33 heavy (non-hydrogen) atoms. The van der Waals surface area contributed by atoms with E-state index in [0.717, 1.165) is 41.3 Å². The van der Waals surface area contributed by atoms with Crippen LogP contribution in [0.15, 0.2) is 48.8 Å². The molecule has 3 aromatic heterocycles. The second kappa shape index (κ2) is 7.78. The van der Waals surface area contributed by atoms with Crippen LogP contribution in [0.1, 0.15) is 13.8 Å². The van der Waals surface area contributed by atoms with Crippen LogP contribution >= 0.6 is 11.6 Å². The van der Waals surface area contributed by atoms with Crippen LogP contribution in [-0.2, 0) is 0 Å². The highest BCUT2D eigenvalue weighted by Gasteiger charge is 2.46. The molecule has 2 atom stereocenters. The molecule has 4 aromatic rings. The van der Waals surface area contributed by atoms with Crippen LogP contribution in [0.3, 0.4) is 0 Å². The summed E-state index contributed by atoms with van der Waals surface area (Å²) >= 11 is 6.10. The maximum atomic E-state index is 14.5. The van der Waals surface area contributed by atoms with Crippen LogP contribution in [0.25, 0.3) is 33.5 Å². The Morgan fingerprint density at radius 1 is 1.06 bits per heavy atom. The number of rotatable bonds is 4. The van der Waals surface area contributed by atoms with Gasteiger partial charge in [-0.05, 0) is 50.2 Å². The number of fused-ring (bicyclic) bond motifs is 2. The molecule has 8 heteroatoms. The first-order valence-corrected chi connectivity index (χ1v) is 11.6. The second-order valence-corrected chi connectivity index (χ2v) is 9.66. The Bertz CT molecular complexity index is 1350. The predicted molar refractivity (Wildman–Crippen MR) is 129 cm³/mol. The molecule has 168 valence electrons. The van der Waals surface area contributed by atoms with Crippen molar-refractivity contribution in [3.05, 3.63) is 59.6 Å². The first-order valence-electron chi connectivity index (χ1n) is 11.2. The normalized spacial score (nSPS) is 20.5. The lowest BCUT2D eigenvalue weighted by atomic mass is 9.91. The molecule has 0 bridgehead atoms. The number of nitrogens with zero attached hydrogens (tertiary/aromatic N) is 5. The zero-order valence-electron chi connectivity index (χ0n) is 18.5. The lowest BCUT2D eigenvalue weighted by Crippen LogP contribution is -2.55. The van der Waals surface area contributed by atoms with Crippen LogP contribution in [0.5, 0.6) is 0 Å². The van der Waals surface area contributed by atoms with Crippen molar-refractivity contribution in [3.63, 3.8) is 0 Å². The molecule has 1 N–H and O–H groups in total. The minimum absolute atomic E-state index is 0.343. The molecule has 6 nitrogen and oxygen atoms in total. The number of pyridine rings is 2. The van der Waals surface area contributed by atoms with E-state index < -0.39 is 0 Å². The van der Waals surface area contributed by atoms with E-state index in [1.54, 1.807) is 12.3 Å². The Kier molecular flexibility index (Phi) is 4.85. The van der Waals surface area contributed by atoms with Crippen molar-refractivity contribution in [1.82, 2.24) is 25.1 Å². The van der Waals surface area contributed by atoms with Crippen molar-refractivity contribution in [2.75, 3.05) is 24.5 Å². The van der Waals surface area contributed by atoms with Gasteiger partial charge < -0.3 is 4.90 Å². The first-order chi connectivity index (χ1) is 16.0. The third-order valence-corrected chi connectivity index (χ3v) is 7.19. The Morgan fingerprint density at radius 2 is 1.94 bits per heavy atom. The Hall–Kier alpha value is -3.03. The SMILES string of the molecule is CC(C)N1CC2CN(c3cnc4ccc(-c5c[nH]nc5-c5cc(Cl)ccc5F)nc4c3)C2C1. The number of aromatic amines is 1. The summed E-state index contributed by atoms with van der Waals surface area (Å²) in [5.74, 6) is 0.348. The van der Waals surface area contributed by atoms with E-state index in [9.17, 15) is 4.39 Å². The quantitative estimate of drug-likeness (QED) is 0.462. The zero-order chi connectivity index (χ0) is 22.7. The van der Waals surface area contributed by atoms with Crippen LogP contribution in [0.4, 0.5) is 10.1 Å². The first kappa shape index (κ1) is 20.6. The van der Waals surface area contributed by atoms with Crippen LogP contribution in [0.2, 0.25) is 5.02 Å². The molecule has 1 aromatic carbocycles. The van der Waals surface area contributed by atoms with Gasteiger partial charge in [0, 0.05) is 60.0 Å². The fourth-order valence-electron chi connectivity index (χ4n) is 5.06. The highest BCUT2D eigenvalue weighted by Crippen LogP contribution is 2.38. The largest absolute Gasteiger partial charge is 0.365 e. The fraction of sp³-hybridized carbons (Fsp3) is 0.320. The molecule has 2 saturated heterocycles. The minimum atomic E-state index is -0.378. The number of H-pyrrole nitrogens is 1. The fourth-order valence-corrected chi connectivity index (χ4v) is 5.23. The third-order valence-electron chi connectivity index (χ3n) is 6.95. The lowest BCUT2D eigenvalue weighted by Gasteiger charge is -2.45. The van der Waals surface area contributed by atoms with Crippen molar-refractivity contribution in [2.45, 2.75) is 25.9 Å². The van der Waals surface area contributed by atoms with Crippen molar-refractivity contribution in [2.24, 2.45) is 5.92 Å². The van der Waals surface area contributed by atoms with Gasteiger partial charge >= 0.3 is 0 Å². The molecule has 2 fully saturated rings. The number of hydrogen-bond acceptors (Lipinski definition) is 5. The maximum Gasteiger partial charge on any atom is 0.132 e. The molecule has 2 unspecified atom stereocenters. The van der Waals surface area contributed by atoms with E-state index in [4.69, 9.17) is 16.6 Å². The Labute approximate surface area is 196 Å². The predicted octanol–water partition coefficient (Wildman–Crippen LogP) is 5.01. The molecular weight excluding hydrogens is 439 g/mol. The van der Waals surface area contributed by atoms with Crippen LogP contribution < -0.4 is 4.90 Å². The number of hydrogen-bond donors (Lipinski definition) is 1. The molecule has 0 aliphatic carbocycles. The summed E-state index contributed by atoms with van der Waals surface area (Å²) in [6, 6.07) is 11.5. The highest BCUT2D eigenvalue weighted by atomic mass is 35.5. The summed E-state index contributed by atoms with van der Waals surface area (Å²) in [6.07, 6.45) is 3.68. The van der Waals surface area contributed by atoms with E-state index in [0.29, 0.717) is 34.1 Å². The monoisotopic (exact) mass is 462 g/mol. The number of aromatic nitrogens is 4. The number of benzene rings is 1. The summed E-state index contributed by atoms with van der Waals surface area (Å²) < 4.78 is 14.5. The lowest BCUT2D eigenvalue weighted by molar-refractivity contribution is 0.269. The van der Waals surface area contributed by atoms with Crippen molar-refractivity contribution < 1.29 is 4.39 Å². The van der Waals surface area contributed by atoms with Crippen molar-refractivity contribution in [1.29, 1.82) is 0 Å². The van der Waals surface area contributed by atoms with Gasteiger partial charge in [0.05, 0.1) is 28.6 Å². The molecule has 2 aliphatic rings. The van der Waals surface area contributed by atoms with E-state index in [-0.39, 0.29) is 5.82 Å². The topological polar surface area (TPSA) is 60.9 Å². The van der Waals surface area contributed by atoms with Crippen molar-refractivity contribution >= 4 is 28.3 Å². The van der Waals surface area contributed by atoms with Gasteiger partial charge in [0.15, 0.2) is 0 Å². The maximum absolute atomic E-state index is 14.5. The minimum Gasteiger partial charge on any atom is -0.365 e. The van der Waals surface area contributed by atoms with E-state index in [1.165, 1.54) is 18.7 Å². The molecule has 6 rings (SSSR count). The summed E-state index contributed by atoms with van der Waals surface area (Å²) in [4.78, 5) is 14.5. The zero-order valence-corrected chi connectivity index (χ0v) is 19.2. The highest BCUT2D eigenvalue weighted by molar-refractivity contribution is 6.30. The Morgan fingerprint density at radius 3 is 2.79 bits per heavy atom. The number of nitrogens with one attached hydrogen (secondary N) is 1. The molecule has 0 radical (unpaired) electrons. The third kappa shape index (κ3) is 3.47. The Balaban J connectivity index is 1.34. The van der Waals surface area contributed by atoms with Crippen molar-refractivity contribution in [3.8, 4) is 22.5 Å². The summed E-state index contributed by atoms with van der Waals surface area (Å²) in [6.45, 7) is 7.85. The average molecular weight is 463 g/mol. The molecule has 0 amide bonds. The van der Waals surface area contributed by atoms with Gasteiger partial charge in [-0.15, -0.1) is 0 Å². The summed E-state index contributed by atoms with van der Waals surface area (Å²) in [5.41, 5.74) is 4.99. The van der Waals surface area contributed by atoms with Crippen LogP contribution in [-0.4, -0.2) is 56.8 Å². The molecule has 5 heterocycles. The standard InChI is InChI=1S/C25H24ClFN6/c1-14(2)32-11-15-12-33(24(15)13-32)17-8-23-22(28-9-17)6-5-21(30-23)19-10-29-31-25(19)18-7-16(26)3-4-20(18)27/h3-10,14-15,24H,11-13H2,1-2H3,(H,29,31). The number of anilines is 1. The molecule has 0 saturated carbocycles. The second-order valence-electron chi connectivity index (χ2n) is 9.23. The summed E-state index contributed by atoms with van der Waals surface area (Å²) in [5, 5.41) is 7.58. The van der Waals surface area contributed by atoms with Gasteiger partial charge in [-0.1, -0.05) is 11.6 Å². The molecule has 2 aliphatic heterocycles. The number of halogens is 2. The van der Waals surface area contributed by atoms with Crippen LogP contribution in [0, 0.1) is 11.7 Å². The average Bonchev–Trinajstić information content (AvgIpc) is 3.40. The summed E-state index contributed by atoms with van der Waals surface area (Å²) in [7, 11) is 0. The molecular formula is C25H24ClFN6. The number of likely N-dealkylation sites (tertiary alicyclic amines) is 1. The van der Waals surface area contributed by atoms with Gasteiger partial charge in [-0.2, -0.15) is 5.10 Å².